The summed E-state index contributed by atoms with van der Waals surface area (Å²) in [7, 11) is 0. The molecule has 0 aromatic rings. The van der Waals surface area contributed by atoms with E-state index in [2.05, 4.69) is 18.7 Å². The van der Waals surface area contributed by atoms with E-state index >= 15 is 0 Å². The molecule has 0 saturated carbocycles. The van der Waals surface area contributed by atoms with Gasteiger partial charge < -0.3 is 4.90 Å². The first-order chi connectivity index (χ1) is 6.72. The predicted octanol–water partition coefficient (Wildman–Crippen LogP) is 3.07. The Bertz CT molecular complexity index is 237. The summed E-state index contributed by atoms with van der Waals surface area (Å²) in [5.74, 6) is 0.303. The topological polar surface area (TPSA) is 20.3 Å². The molecular weight excluding hydrogens is 186 g/mol. The smallest absolute Gasteiger partial charge is 0.227 e. The van der Waals surface area contributed by atoms with Crippen LogP contribution in [0.3, 0.4) is 0 Å². The van der Waals surface area contributed by atoms with Gasteiger partial charge in [-0.25, -0.2) is 0 Å². The van der Waals surface area contributed by atoms with Crippen LogP contribution in [0.15, 0.2) is 0 Å². The molecular formula is C13H25NO. The average molecular weight is 211 g/mol. The molecule has 1 saturated heterocycles. The van der Waals surface area contributed by atoms with E-state index in [4.69, 9.17) is 0 Å². The normalized spacial score (nSPS) is 22.3. The molecule has 0 bridgehead atoms. The minimum atomic E-state index is -0.236. The molecule has 0 aliphatic carbocycles. The molecule has 1 aliphatic rings. The first kappa shape index (κ1) is 12.5. The maximum Gasteiger partial charge on any atom is 0.227 e. The molecule has 0 unspecified atom stereocenters. The minimum Gasteiger partial charge on any atom is -0.342 e. The van der Waals surface area contributed by atoms with Gasteiger partial charge in [-0.2, -0.15) is 0 Å². The van der Waals surface area contributed by atoms with Crippen LogP contribution in [0.1, 0.15) is 53.9 Å². The first-order valence-corrected chi connectivity index (χ1v) is 6.02. The molecule has 2 heteroatoms. The second-order valence-electron chi connectivity index (χ2n) is 6.60. The summed E-state index contributed by atoms with van der Waals surface area (Å²) in [5, 5.41) is 0. The van der Waals surface area contributed by atoms with E-state index in [9.17, 15) is 4.79 Å². The van der Waals surface area contributed by atoms with Gasteiger partial charge in [0.2, 0.25) is 5.91 Å². The third-order valence-corrected chi connectivity index (χ3v) is 3.08. The molecule has 0 aromatic carbocycles. The highest BCUT2D eigenvalue weighted by Crippen LogP contribution is 2.30. The zero-order valence-corrected chi connectivity index (χ0v) is 10.9. The van der Waals surface area contributed by atoms with Crippen LogP contribution in [0, 0.1) is 10.8 Å². The molecule has 0 spiro atoms. The number of carbonyl (C=O) groups excluding carboxylic acids is 1. The predicted molar refractivity (Wildman–Crippen MR) is 63.7 cm³/mol. The minimum absolute atomic E-state index is 0.236. The fourth-order valence-corrected chi connectivity index (χ4v) is 2.23. The van der Waals surface area contributed by atoms with Crippen LogP contribution >= 0.6 is 0 Å². The van der Waals surface area contributed by atoms with Crippen LogP contribution < -0.4 is 0 Å². The summed E-state index contributed by atoms with van der Waals surface area (Å²) in [6.07, 6.45) is 3.65. The first-order valence-electron chi connectivity index (χ1n) is 6.02. The summed E-state index contributed by atoms with van der Waals surface area (Å²) in [4.78, 5) is 14.2. The summed E-state index contributed by atoms with van der Waals surface area (Å²) in [6, 6.07) is 0. The van der Waals surface area contributed by atoms with E-state index in [0.717, 1.165) is 19.5 Å². The van der Waals surface area contributed by atoms with E-state index < -0.39 is 0 Å². The van der Waals surface area contributed by atoms with Crippen LogP contribution in [0.25, 0.3) is 0 Å². The third kappa shape index (κ3) is 3.51. The van der Waals surface area contributed by atoms with Gasteiger partial charge in [-0.3, -0.25) is 4.79 Å². The van der Waals surface area contributed by atoms with Crippen molar-refractivity contribution in [3.8, 4) is 0 Å². The summed E-state index contributed by atoms with van der Waals surface area (Å²) in [6.45, 7) is 12.4. The molecule has 1 amide bonds. The molecule has 88 valence electrons. The second kappa shape index (κ2) is 4.15. The highest BCUT2D eigenvalue weighted by atomic mass is 16.2. The lowest BCUT2D eigenvalue weighted by atomic mass is 9.87. The monoisotopic (exact) mass is 211 g/mol. The molecule has 1 fully saturated rings. The number of hydrogen-bond acceptors (Lipinski definition) is 1. The van der Waals surface area contributed by atoms with Gasteiger partial charge >= 0.3 is 0 Å². The Morgan fingerprint density at radius 2 is 1.80 bits per heavy atom. The molecule has 1 heterocycles. The Morgan fingerprint density at radius 1 is 1.20 bits per heavy atom. The summed E-state index contributed by atoms with van der Waals surface area (Å²) in [5.41, 5.74) is 0.0534. The molecule has 0 radical (unpaired) electrons. The molecule has 15 heavy (non-hydrogen) atoms. The van der Waals surface area contributed by atoms with Crippen LogP contribution in [-0.4, -0.2) is 23.9 Å². The van der Waals surface area contributed by atoms with Gasteiger partial charge in [0.05, 0.1) is 0 Å². The highest BCUT2D eigenvalue weighted by molar-refractivity contribution is 5.81. The Labute approximate surface area is 94.0 Å². The Hall–Kier alpha value is -0.530. The number of hydrogen-bond donors (Lipinski definition) is 0. The van der Waals surface area contributed by atoms with E-state index in [-0.39, 0.29) is 10.8 Å². The van der Waals surface area contributed by atoms with Crippen molar-refractivity contribution < 1.29 is 4.79 Å². The van der Waals surface area contributed by atoms with Crippen molar-refractivity contribution in [1.82, 2.24) is 4.90 Å². The van der Waals surface area contributed by atoms with E-state index in [1.54, 1.807) is 0 Å². The summed E-state index contributed by atoms with van der Waals surface area (Å²) < 4.78 is 0. The van der Waals surface area contributed by atoms with Crippen molar-refractivity contribution in [3.63, 3.8) is 0 Å². The van der Waals surface area contributed by atoms with Crippen molar-refractivity contribution in [2.24, 2.45) is 10.8 Å². The van der Waals surface area contributed by atoms with Crippen molar-refractivity contribution in [1.29, 1.82) is 0 Å². The second-order valence-corrected chi connectivity index (χ2v) is 6.60. The molecule has 2 nitrogen and oxygen atoms in total. The zero-order chi connectivity index (χ0) is 11.7. The average Bonchev–Trinajstić information content (AvgIpc) is 2.23. The lowest BCUT2D eigenvalue weighted by molar-refractivity contribution is -0.140. The molecule has 0 atom stereocenters. The maximum atomic E-state index is 12.2. The SMILES string of the molecule is CC1(C)CCCCN(C(=O)C(C)(C)C)C1. The number of likely N-dealkylation sites (tertiary alicyclic amines) is 1. The number of carbonyl (C=O) groups is 1. The van der Waals surface area contributed by atoms with E-state index in [0.29, 0.717) is 5.91 Å². The standard InChI is InChI=1S/C13H25NO/c1-12(2,3)11(15)14-9-7-6-8-13(4,5)10-14/h6-10H2,1-5H3. The van der Waals surface area contributed by atoms with Gasteiger partial charge in [0.15, 0.2) is 0 Å². The molecule has 1 rings (SSSR count). The van der Waals surface area contributed by atoms with Crippen LogP contribution in [0.5, 0.6) is 0 Å². The van der Waals surface area contributed by atoms with Crippen molar-refractivity contribution in [3.05, 3.63) is 0 Å². The van der Waals surface area contributed by atoms with Gasteiger partial charge in [0.25, 0.3) is 0 Å². The Morgan fingerprint density at radius 3 is 2.33 bits per heavy atom. The number of amides is 1. The van der Waals surface area contributed by atoms with Gasteiger partial charge in [0.1, 0.15) is 0 Å². The number of rotatable bonds is 0. The van der Waals surface area contributed by atoms with Crippen molar-refractivity contribution in [2.45, 2.75) is 53.9 Å². The number of nitrogens with zero attached hydrogens (tertiary/aromatic N) is 1. The third-order valence-electron chi connectivity index (χ3n) is 3.08. The quantitative estimate of drug-likeness (QED) is 0.603. The highest BCUT2D eigenvalue weighted by Gasteiger charge is 2.32. The van der Waals surface area contributed by atoms with Gasteiger partial charge in [0, 0.05) is 18.5 Å². The fraction of sp³-hybridized carbons (Fsp3) is 0.923. The lowest BCUT2D eigenvalue weighted by Gasteiger charge is -2.33. The molecule has 1 aliphatic heterocycles. The van der Waals surface area contributed by atoms with Crippen molar-refractivity contribution >= 4 is 5.91 Å². The summed E-state index contributed by atoms with van der Waals surface area (Å²) >= 11 is 0. The van der Waals surface area contributed by atoms with Crippen molar-refractivity contribution in [2.75, 3.05) is 13.1 Å². The Balaban J connectivity index is 2.73. The van der Waals surface area contributed by atoms with Crippen LogP contribution in [0.4, 0.5) is 0 Å². The molecule has 0 aromatic heterocycles. The van der Waals surface area contributed by atoms with Gasteiger partial charge in [-0.05, 0) is 18.3 Å². The Kier molecular flexibility index (Phi) is 3.47. The molecule has 0 N–H and O–H groups in total. The lowest BCUT2D eigenvalue weighted by Crippen LogP contribution is -2.43. The fourth-order valence-electron chi connectivity index (χ4n) is 2.23. The maximum absolute atomic E-state index is 12.2. The van der Waals surface area contributed by atoms with Crippen LogP contribution in [0.2, 0.25) is 0 Å². The van der Waals surface area contributed by atoms with E-state index in [1.165, 1.54) is 12.8 Å². The van der Waals surface area contributed by atoms with E-state index in [1.807, 2.05) is 20.8 Å². The van der Waals surface area contributed by atoms with Gasteiger partial charge in [-0.1, -0.05) is 41.0 Å². The van der Waals surface area contributed by atoms with Crippen LogP contribution in [-0.2, 0) is 4.79 Å². The zero-order valence-electron chi connectivity index (χ0n) is 10.9. The van der Waals surface area contributed by atoms with Gasteiger partial charge in [-0.15, -0.1) is 0 Å². The largest absolute Gasteiger partial charge is 0.342 e.